The molecule has 2 heterocycles. The van der Waals surface area contributed by atoms with Gasteiger partial charge in [-0.3, -0.25) is 9.89 Å². The van der Waals surface area contributed by atoms with Crippen LogP contribution in [-0.2, 0) is 14.6 Å². The van der Waals surface area contributed by atoms with E-state index in [4.69, 9.17) is 0 Å². The minimum atomic E-state index is -3.47. The molecule has 0 amide bonds. The van der Waals surface area contributed by atoms with Gasteiger partial charge in [0.15, 0.2) is 15.6 Å². The standard InChI is InChI=1S/C16H19N3O3S/c1-11-9-17-18-16(11)19-10-14(8-15(19)12(2)20)23(21,22)13-6-4-3-5-7-13/h3-7,9,14-15H,8,10H2,1-2H3,(H,17,18)/t14-,15+/m1/s1. The predicted octanol–water partition coefficient (Wildman–Crippen LogP) is 1.73. The Hall–Kier alpha value is -2.15. The SMILES string of the molecule is CC(=O)[C@@H]1C[C@@H](S(=O)(=O)c2ccccc2)CN1c1[nH]ncc1C. The average Bonchev–Trinajstić information content (AvgIpc) is 3.14. The molecule has 1 N–H and O–H groups in total. The molecular weight excluding hydrogens is 314 g/mol. The molecule has 0 spiro atoms. The monoisotopic (exact) mass is 333 g/mol. The molecule has 1 saturated heterocycles. The molecular formula is C16H19N3O3S. The second-order valence-electron chi connectivity index (χ2n) is 5.90. The third-order valence-corrected chi connectivity index (χ3v) is 6.48. The van der Waals surface area contributed by atoms with E-state index in [2.05, 4.69) is 10.2 Å². The normalized spacial score (nSPS) is 21.6. The number of aryl methyl sites for hydroxylation is 1. The third-order valence-electron chi connectivity index (χ3n) is 4.33. The number of aromatic amines is 1. The number of aromatic nitrogens is 2. The van der Waals surface area contributed by atoms with E-state index in [0.29, 0.717) is 11.3 Å². The Morgan fingerprint density at radius 1 is 1.30 bits per heavy atom. The quantitative estimate of drug-likeness (QED) is 0.921. The molecule has 23 heavy (non-hydrogen) atoms. The van der Waals surface area contributed by atoms with E-state index in [1.807, 2.05) is 11.8 Å². The minimum Gasteiger partial charge on any atom is -0.345 e. The Bertz CT molecular complexity index is 814. The summed E-state index contributed by atoms with van der Waals surface area (Å²) in [5.41, 5.74) is 0.897. The molecule has 0 saturated carbocycles. The molecule has 0 radical (unpaired) electrons. The van der Waals surface area contributed by atoms with Gasteiger partial charge >= 0.3 is 0 Å². The van der Waals surface area contributed by atoms with Gasteiger partial charge in [-0.1, -0.05) is 18.2 Å². The number of anilines is 1. The lowest BCUT2D eigenvalue weighted by molar-refractivity contribution is -0.118. The van der Waals surface area contributed by atoms with E-state index < -0.39 is 21.1 Å². The summed E-state index contributed by atoms with van der Waals surface area (Å²) in [7, 11) is -3.47. The van der Waals surface area contributed by atoms with Crippen LogP contribution in [0, 0.1) is 6.92 Å². The lowest BCUT2D eigenvalue weighted by atomic mass is 10.1. The molecule has 1 aliphatic rings. The fraction of sp³-hybridized carbons (Fsp3) is 0.375. The summed E-state index contributed by atoms with van der Waals surface area (Å²) in [6.07, 6.45) is 1.97. The Labute approximate surface area is 135 Å². The number of hydrogen-bond donors (Lipinski definition) is 1. The van der Waals surface area contributed by atoms with Crippen LogP contribution in [0.5, 0.6) is 0 Å². The van der Waals surface area contributed by atoms with E-state index in [-0.39, 0.29) is 12.3 Å². The fourth-order valence-electron chi connectivity index (χ4n) is 3.09. The van der Waals surface area contributed by atoms with Gasteiger partial charge in [0, 0.05) is 12.1 Å². The number of nitrogens with one attached hydrogen (secondary N) is 1. The summed E-state index contributed by atoms with van der Waals surface area (Å²) in [6.45, 7) is 3.67. The third kappa shape index (κ3) is 2.76. The predicted molar refractivity (Wildman–Crippen MR) is 87.2 cm³/mol. The number of rotatable bonds is 4. The number of Topliss-reactive ketones (excluding diaryl/α,β-unsaturated/α-hetero) is 1. The number of benzene rings is 1. The summed E-state index contributed by atoms with van der Waals surface area (Å²) in [4.78, 5) is 14.1. The highest BCUT2D eigenvalue weighted by Crippen LogP contribution is 2.32. The maximum absolute atomic E-state index is 12.8. The zero-order valence-corrected chi connectivity index (χ0v) is 13.9. The Balaban J connectivity index is 1.95. The molecule has 0 aliphatic carbocycles. The number of H-pyrrole nitrogens is 1. The van der Waals surface area contributed by atoms with Crippen molar-refractivity contribution in [1.29, 1.82) is 0 Å². The first kappa shape index (κ1) is 15.7. The van der Waals surface area contributed by atoms with Gasteiger partial charge in [0.1, 0.15) is 5.82 Å². The van der Waals surface area contributed by atoms with Crippen LogP contribution in [-0.4, -0.2) is 42.2 Å². The maximum atomic E-state index is 12.8. The number of hydrogen-bond acceptors (Lipinski definition) is 5. The zero-order valence-electron chi connectivity index (χ0n) is 13.1. The Morgan fingerprint density at radius 2 is 2.00 bits per heavy atom. The van der Waals surface area contributed by atoms with Gasteiger partial charge in [0.25, 0.3) is 0 Å². The van der Waals surface area contributed by atoms with Crippen molar-refractivity contribution >= 4 is 21.4 Å². The molecule has 1 aromatic heterocycles. The highest BCUT2D eigenvalue weighted by molar-refractivity contribution is 7.92. The molecule has 3 rings (SSSR count). The first-order chi connectivity index (χ1) is 10.9. The minimum absolute atomic E-state index is 0.0373. The van der Waals surface area contributed by atoms with Gasteiger partial charge in [-0.05, 0) is 32.4 Å². The van der Waals surface area contributed by atoms with Gasteiger partial charge in [0.05, 0.1) is 22.4 Å². The number of nitrogens with zero attached hydrogens (tertiary/aromatic N) is 2. The summed E-state index contributed by atoms with van der Waals surface area (Å²) < 4.78 is 25.7. The fourth-order valence-corrected chi connectivity index (χ4v) is 4.80. The van der Waals surface area contributed by atoms with Crippen LogP contribution in [0.1, 0.15) is 18.9 Å². The topological polar surface area (TPSA) is 83.1 Å². The van der Waals surface area contributed by atoms with Gasteiger partial charge in [-0.15, -0.1) is 0 Å². The molecule has 0 unspecified atom stereocenters. The van der Waals surface area contributed by atoms with Crippen molar-refractivity contribution in [1.82, 2.24) is 10.2 Å². The second-order valence-corrected chi connectivity index (χ2v) is 8.12. The van der Waals surface area contributed by atoms with Crippen LogP contribution >= 0.6 is 0 Å². The second kappa shape index (κ2) is 5.81. The highest BCUT2D eigenvalue weighted by atomic mass is 32.2. The van der Waals surface area contributed by atoms with Crippen molar-refractivity contribution < 1.29 is 13.2 Å². The van der Waals surface area contributed by atoms with Gasteiger partial charge in [0.2, 0.25) is 0 Å². The van der Waals surface area contributed by atoms with Gasteiger partial charge in [-0.25, -0.2) is 8.42 Å². The van der Waals surface area contributed by atoms with E-state index in [0.717, 1.165) is 11.4 Å². The Kier molecular flexibility index (Phi) is 3.97. The molecule has 122 valence electrons. The summed E-state index contributed by atoms with van der Waals surface area (Å²) >= 11 is 0. The smallest absolute Gasteiger partial charge is 0.183 e. The molecule has 1 aliphatic heterocycles. The van der Waals surface area contributed by atoms with E-state index in [9.17, 15) is 13.2 Å². The number of carbonyl (C=O) groups excluding carboxylic acids is 1. The number of carbonyl (C=O) groups is 1. The summed E-state index contributed by atoms with van der Waals surface area (Å²) in [6, 6.07) is 7.96. The van der Waals surface area contributed by atoms with Crippen LogP contribution in [0.15, 0.2) is 41.4 Å². The van der Waals surface area contributed by atoms with Crippen molar-refractivity contribution in [2.45, 2.75) is 36.5 Å². The molecule has 1 aromatic carbocycles. The van der Waals surface area contributed by atoms with Crippen LogP contribution in [0.25, 0.3) is 0 Å². The first-order valence-electron chi connectivity index (χ1n) is 7.47. The molecule has 0 bridgehead atoms. The summed E-state index contributed by atoms with van der Waals surface area (Å²) in [5, 5.41) is 6.24. The average molecular weight is 333 g/mol. The van der Waals surface area contributed by atoms with Gasteiger partial charge in [-0.2, -0.15) is 5.10 Å². The van der Waals surface area contributed by atoms with E-state index in [1.54, 1.807) is 36.5 Å². The highest BCUT2D eigenvalue weighted by Gasteiger charge is 2.42. The van der Waals surface area contributed by atoms with Crippen molar-refractivity contribution in [3.8, 4) is 0 Å². The molecule has 7 heteroatoms. The van der Waals surface area contributed by atoms with Crippen molar-refractivity contribution in [2.75, 3.05) is 11.4 Å². The van der Waals surface area contributed by atoms with Crippen molar-refractivity contribution in [2.24, 2.45) is 0 Å². The lowest BCUT2D eigenvalue weighted by Gasteiger charge is -2.23. The van der Waals surface area contributed by atoms with Gasteiger partial charge < -0.3 is 4.90 Å². The maximum Gasteiger partial charge on any atom is 0.183 e. The van der Waals surface area contributed by atoms with E-state index in [1.165, 1.54) is 6.92 Å². The first-order valence-corrected chi connectivity index (χ1v) is 9.02. The van der Waals surface area contributed by atoms with Crippen LogP contribution in [0.2, 0.25) is 0 Å². The molecule has 1 fully saturated rings. The summed E-state index contributed by atoms with van der Waals surface area (Å²) in [5.74, 6) is 0.681. The van der Waals surface area contributed by atoms with Crippen LogP contribution in [0.4, 0.5) is 5.82 Å². The largest absolute Gasteiger partial charge is 0.345 e. The van der Waals surface area contributed by atoms with Crippen LogP contribution in [0.3, 0.4) is 0 Å². The van der Waals surface area contributed by atoms with Crippen molar-refractivity contribution in [3.63, 3.8) is 0 Å². The lowest BCUT2D eigenvalue weighted by Crippen LogP contribution is -2.35. The number of ketones is 1. The van der Waals surface area contributed by atoms with Crippen LogP contribution < -0.4 is 4.90 Å². The molecule has 2 aromatic rings. The Morgan fingerprint density at radius 3 is 2.57 bits per heavy atom. The zero-order chi connectivity index (χ0) is 16.6. The number of sulfone groups is 1. The molecule has 6 nitrogen and oxygen atoms in total. The molecule has 2 atom stereocenters. The van der Waals surface area contributed by atoms with Crippen molar-refractivity contribution in [3.05, 3.63) is 42.1 Å². The van der Waals surface area contributed by atoms with E-state index >= 15 is 0 Å².